The van der Waals surface area contributed by atoms with E-state index < -0.39 is 5.60 Å². The molecular weight excluding hydrogens is 478 g/mol. The van der Waals surface area contributed by atoms with Crippen molar-refractivity contribution in [1.29, 1.82) is 0 Å². The van der Waals surface area contributed by atoms with Crippen LogP contribution in [-0.4, -0.2) is 71.7 Å². The van der Waals surface area contributed by atoms with E-state index in [9.17, 15) is 9.90 Å². The van der Waals surface area contributed by atoms with Crippen LogP contribution in [0, 0.1) is 0 Å². The highest BCUT2D eigenvalue weighted by molar-refractivity contribution is 6.34. The number of carbonyl (C=O) groups is 1. The normalized spacial score (nSPS) is 15.0. The van der Waals surface area contributed by atoms with Crippen molar-refractivity contribution in [2.75, 3.05) is 26.2 Å². The first-order valence-electron chi connectivity index (χ1n) is 11.8. The second kappa shape index (κ2) is 9.57. The zero-order valence-electron chi connectivity index (χ0n) is 20.5. The maximum Gasteiger partial charge on any atom is 0.255 e. The van der Waals surface area contributed by atoms with Gasteiger partial charge in [-0.3, -0.25) is 19.4 Å². The number of nitrogens with zero attached hydrogens (tertiary/aromatic N) is 7. The van der Waals surface area contributed by atoms with Gasteiger partial charge in [-0.2, -0.15) is 5.10 Å². The van der Waals surface area contributed by atoms with Crippen molar-refractivity contribution in [3.63, 3.8) is 0 Å². The second-order valence-electron chi connectivity index (χ2n) is 9.54. The van der Waals surface area contributed by atoms with E-state index in [2.05, 4.69) is 25.0 Å². The second-order valence-corrected chi connectivity index (χ2v) is 9.94. The van der Waals surface area contributed by atoms with E-state index in [0.29, 0.717) is 40.9 Å². The van der Waals surface area contributed by atoms with Crippen LogP contribution in [0.2, 0.25) is 5.02 Å². The molecule has 0 unspecified atom stereocenters. The number of rotatable bonds is 5. The van der Waals surface area contributed by atoms with Crippen molar-refractivity contribution < 1.29 is 9.90 Å². The molecule has 36 heavy (non-hydrogen) atoms. The first-order chi connectivity index (χ1) is 17.2. The van der Waals surface area contributed by atoms with Crippen molar-refractivity contribution >= 4 is 28.4 Å². The minimum absolute atomic E-state index is 0.103. The Balaban J connectivity index is 1.41. The van der Waals surface area contributed by atoms with Gasteiger partial charge in [-0.25, -0.2) is 9.97 Å². The molecule has 1 N–H and O–H groups in total. The van der Waals surface area contributed by atoms with Gasteiger partial charge < -0.3 is 10.0 Å². The molecule has 1 aliphatic heterocycles. The molecule has 0 spiro atoms. The molecule has 0 bridgehead atoms. The fourth-order valence-corrected chi connectivity index (χ4v) is 4.66. The fourth-order valence-electron chi connectivity index (χ4n) is 4.42. The largest absolute Gasteiger partial charge is 0.382 e. The number of hydrogen-bond acceptors (Lipinski definition) is 7. The van der Waals surface area contributed by atoms with Crippen LogP contribution >= 0.6 is 11.6 Å². The number of pyridine rings is 1. The Bertz CT molecular complexity index is 1410. The molecule has 3 aromatic heterocycles. The van der Waals surface area contributed by atoms with Gasteiger partial charge in [0.2, 0.25) is 0 Å². The summed E-state index contributed by atoms with van der Waals surface area (Å²) < 4.78 is 1.72. The van der Waals surface area contributed by atoms with Crippen LogP contribution in [0.25, 0.3) is 22.3 Å². The monoisotopic (exact) mass is 505 g/mol. The third kappa shape index (κ3) is 4.82. The van der Waals surface area contributed by atoms with E-state index in [1.807, 2.05) is 30.1 Å². The number of halogens is 1. The van der Waals surface area contributed by atoms with Gasteiger partial charge >= 0.3 is 0 Å². The maximum absolute atomic E-state index is 13.5. The summed E-state index contributed by atoms with van der Waals surface area (Å²) in [5.74, 6) is 0.196. The zero-order chi connectivity index (χ0) is 25.4. The molecule has 0 radical (unpaired) electrons. The third-order valence-corrected chi connectivity index (χ3v) is 6.70. The molecule has 186 valence electrons. The van der Waals surface area contributed by atoms with Crippen molar-refractivity contribution in [1.82, 2.24) is 34.5 Å². The summed E-state index contributed by atoms with van der Waals surface area (Å²) in [6, 6.07) is 11.2. The summed E-state index contributed by atoms with van der Waals surface area (Å²) in [6.45, 7) is 6.79. The summed E-state index contributed by atoms with van der Waals surface area (Å²) in [7, 11) is 1.82. The molecule has 10 heteroatoms. The summed E-state index contributed by atoms with van der Waals surface area (Å²) in [5.41, 5.74) is 2.22. The maximum atomic E-state index is 13.5. The first kappa shape index (κ1) is 24.3. The van der Waals surface area contributed by atoms with E-state index in [4.69, 9.17) is 11.6 Å². The summed E-state index contributed by atoms with van der Waals surface area (Å²) >= 11 is 6.60. The Kier molecular flexibility index (Phi) is 6.46. The fraction of sp³-hybridized carbons (Fsp3) is 0.346. The highest BCUT2D eigenvalue weighted by atomic mass is 35.5. The predicted octanol–water partition coefficient (Wildman–Crippen LogP) is 3.26. The minimum atomic E-state index is -1.19. The standard InChI is InChI=1S/C26H28ClN7O2/c1-26(2,36)25-29-9-7-21(30-25)23-19-14-18(20(27)15-22(19)32(3)31-23)24(35)34-12-10-33(11-13-34)16-17-6-4-5-8-28-17/h4-9,14-15,36H,10-13,16H2,1-3H3. The van der Waals surface area contributed by atoms with Gasteiger partial charge in [0.05, 0.1) is 27.5 Å². The lowest BCUT2D eigenvalue weighted by Gasteiger charge is -2.34. The van der Waals surface area contributed by atoms with E-state index in [1.54, 1.807) is 49.1 Å². The SMILES string of the molecule is Cn1nc(-c2ccnc(C(C)(C)O)n2)c2cc(C(=O)N3CCN(Cc4ccccn4)CC3)c(Cl)cc21. The number of piperazine rings is 1. The number of hydrogen-bond donors (Lipinski definition) is 1. The molecule has 0 atom stereocenters. The number of carbonyl (C=O) groups excluding carboxylic acids is 1. The van der Waals surface area contributed by atoms with Crippen LogP contribution in [0.15, 0.2) is 48.8 Å². The Morgan fingerprint density at radius 3 is 2.56 bits per heavy atom. The van der Waals surface area contributed by atoms with E-state index in [0.717, 1.165) is 36.2 Å². The van der Waals surface area contributed by atoms with Gasteiger partial charge in [0.25, 0.3) is 5.91 Å². The van der Waals surface area contributed by atoms with Gasteiger partial charge in [0, 0.05) is 57.6 Å². The molecule has 0 saturated carbocycles. The van der Waals surface area contributed by atoms with E-state index in [1.165, 1.54) is 0 Å². The predicted molar refractivity (Wildman–Crippen MR) is 137 cm³/mol. The average Bonchev–Trinajstić information content (AvgIpc) is 3.19. The number of fused-ring (bicyclic) bond motifs is 1. The summed E-state index contributed by atoms with van der Waals surface area (Å²) in [6.07, 6.45) is 3.40. The molecule has 1 aromatic carbocycles. The topological polar surface area (TPSA) is 100 Å². The van der Waals surface area contributed by atoms with Crippen molar-refractivity contribution in [2.45, 2.75) is 26.0 Å². The van der Waals surface area contributed by atoms with Crippen molar-refractivity contribution in [3.05, 3.63) is 70.9 Å². The van der Waals surface area contributed by atoms with Crippen LogP contribution in [0.4, 0.5) is 0 Å². The molecule has 4 heterocycles. The molecule has 1 amide bonds. The number of amides is 1. The molecule has 1 saturated heterocycles. The molecule has 1 fully saturated rings. The lowest BCUT2D eigenvalue weighted by Crippen LogP contribution is -2.48. The van der Waals surface area contributed by atoms with Crippen molar-refractivity contribution in [3.8, 4) is 11.4 Å². The number of benzene rings is 1. The molecule has 4 aromatic rings. The zero-order valence-corrected chi connectivity index (χ0v) is 21.3. The Hall–Kier alpha value is -3.40. The van der Waals surface area contributed by atoms with Crippen molar-refractivity contribution in [2.24, 2.45) is 7.05 Å². The highest BCUT2D eigenvalue weighted by Crippen LogP contribution is 2.32. The quantitative estimate of drug-likeness (QED) is 0.444. The smallest absolute Gasteiger partial charge is 0.255 e. The average molecular weight is 506 g/mol. The summed E-state index contributed by atoms with van der Waals surface area (Å²) in [5, 5.41) is 16.1. The van der Waals surface area contributed by atoms with Crippen LogP contribution in [0.5, 0.6) is 0 Å². The van der Waals surface area contributed by atoms with Crippen LogP contribution in [-0.2, 0) is 19.2 Å². The van der Waals surface area contributed by atoms with Gasteiger partial charge in [-0.15, -0.1) is 0 Å². The van der Waals surface area contributed by atoms with E-state index >= 15 is 0 Å². The number of aryl methyl sites for hydroxylation is 1. The van der Waals surface area contributed by atoms with Crippen LogP contribution in [0.3, 0.4) is 0 Å². The Labute approximate surface area is 214 Å². The third-order valence-electron chi connectivity index (χ3n) is 6.39. The van der Waals surface area contributed by atoms with E-state index in [-0.39, 0.29) is 5.91 Å². The van der Waals surface area contributed by atoms with Crippen LogP contribution in [0.1, 0.15) is 35.7 Å². The molecular formula is C26H28ClN7O2. The van der Waals surface area contributed by atoms with Gasteiger partial charge in [0.1, 0.15) is 11.3 Å². The lowest BCUT2D eigenvalue weighted by molar-refractivity contribution is 0.0627. The van der Waals surface area contributed by atoms with Gasteiger partial charge in [-0.1, -0.05) is 17.7 Å². The molecule has 9 nitrogen and oxygen atoms in total. The molecule has 0 aliphatic carbocycles. The number of aromatic nitrogens is 5. The van der Waals surface area contributed by atoms with Gasteiger partial charge in [-0.05, 0) is 44.2 Å². The lowest BCUT2D eigenvalue weighted by atomic mass is 10.1. The first-order valence-corrected chi connectivity index (χ1v) is 12.2. The Morgan fingerprint density at radius 2 is 1.86 bits per heavy atom. The van der Waals surface area contributed by atoms with Gasteiger partial charge in [0.15, 0.2) is 5.82 Å². The van der Waals surface area contributed by atoms with Crippen LogP contribution < -0.4 is 0 Å². The number of aliphatic hydroxyl groups is 1. The Morgan fingerprint density at radius 1 is 1.08 bits per heavy atom. The molecule has 1 aliphatic rings. The summed E-state index contributed by atoms with van der Waals surface area (Å²) in [4.78, 5) is 30.8. The minimum Gasteiger partial charge on any atom is -0.382 e. The highest BCUT2D eigenvalue weighted by Gasteiger charge is 2.26. The molecule has 5 rings (SSSR count).